The van der Waals surface area contributed by atoms with Crippen LogP contribution in [0.25, 0.3) is 0 Å². The molecule has 1 atom stereocenters. The molecule has 5 heteroatoms. The lowest BCUT2D eigenvalue weighted by Gasteiger charge is -2.24. The number of carbonyl (C=O) groups is 1. The summed E-state index contributed by atoms with van der Waals surface area (Å²) in [5.74, 6) is 0.818. The van der Waals surface area contributed by atoms with Crippen LogP contribution in [-0.4, -0.2) is 30.0 Å². The minimum atomic E-state index is -0.0151. The molecule has 2 N–H and O–H groups in total. The van der Waals surface area contributed by atoms with E-state index >= 15 is 0 Å². The van der Waals surface area contributed by atoms with Gasteiger partial charge in [-0.15, -0.1) is 0 Å². The predicted molar refractivity (Wildman–Crippen MR) is 97.8 cm³/mol. The molecule has 0 spiro atoms. The molecule has 5 nitrogen and oxygen atoms in total. The van der Waals surface area contributed by atoms with Crippen LogP contribution in [0, 0.1) is 13.8 Å². The quantitative estimate of drug-likeness (QED) is 0.879. The molecular formula is C20H25N3O2. The van der Waals surface area contributed by atoms with Crippen molar-refractivity contribution in [3.63, 3.8) is 0 Å². The maximum Gasteiger partial charge on any atom is 0.251 e. The normalized spacial score (nSPS) is 17.1. The van der Waals surface area contributed by atoms with Crippen molar-refractivity contribution in [2.75, 3.05) is 13.1 Å². The van der Waals surface area contributed by atoms with Crippen molar-refractivity contribution in [1.29, 1.82) is 0 Å². The smallest absolute Gasteiger partial charge is 0.251 e. The summed E-state index contributed by atoms with van der Waals surface area (Å²) in [4.78, 5) is 16.6. The lowest BCUT2D eigenvalue weighted by Crippen LogP contribution is -2.45. The van der Waals surface area contributed by atoms with Crippen molar-refractivity contribution in [2.24, 2.45) is 0 Å². The van der Waals surface area contributed by atoms with Gasteiger partial charge >= 0.3 is 0 Å². The van der Waals surface area contributed by atoms with Gasteiger partial charge < -0.3 is 15.4 Å². The molecule has 1 aliphatic heterocycles. The van der Waals surface area contributed by atoms with Crippen molar-refractivity contribution in [2.45, 2.75) is 39.3 Å². The number of nitrogens with one attached hydrogen (secondary N) is 2. The Bertz CT molecular complexity index is 702. The summed E-state index contributed by atoms with van der Waals surface area (Å²) in [6, 6.07) is 7.89. The van der Waals surface area contributed by atoms with Crippen LogP contribution >= 0.6 is 0 Å². The SMILES string of the molecule is Cc1cc(C(=O)N[C@H]2CCCNC2)cc(C)c1OCc1cccnc1. The fourth-order valence-electron chi connectivity index (χ4n) is 3.19. The molecule has 1 saturated heterocycles. The molecule has 132 valence electrons. The molecule has 0 aliphatic carbocycles. The van der Waals surface area contributed by atoms with Crippen molar-refractivity contribution in [3.05, 3.63) is 58.9 Å². The topological polar surface area (TPSA) is 63.2 Å². The first kappa shape index (κ1) is 17.4. The molecule has 0 saturated carbocycles. The Morgan fingerprint density at radius 3 is 2.80 bits per heavy atom. The summed E-state index contributed by atoms with van der Waals surface area (Å²) < 4.78 is 5.96. The number of aryl methyl sites for hydroxylation is 2. The van der Waals surface area contributed by atoms with Crippen molar-refractivity contribution in [1.82, 2.24) is 15.6 Å². The Balaban J connectivity index is 1.67. The lowest BCUT2D eigenvalue weighted by atomic mass is 10.0. The number of aromatic nitrogens is 1. The van der Waals surface area contributed by atoms with Gasteiger partial charge in [0.15, 0.2) is 0 Å². The van der Waals surface area contributed by atoms with Crippen LogP contribution in [0.1, 0.15) is 39.9 Å². The highest BCUT2D eigenvalue weighted by molar-refractivity contribution is 5.95. The van der Waals surface area contributed by atoms with Gasteiger partial charge in [0, 0.05) is 36.1 Å². The first-order valence-electron chi connectivity index (χ1n) is 8.78. The Morgan fingerprint density at radius 2 is 2.16 bits per heavy atom. The Labute approximate surface area is 148 Å². The van der Waals surface area contributed by atoms with Gasteiger partial charge in [0.25, 0.3) is 5.91 Å². The van der Waals surface area contributed by atoms with Gasteiger partial charge in [-0.1, -0.05) is 6.07 Å². The standard InChI is InChI=1S/C20H25N3O2/c1-14-9-17(20(24)23-18-6-4-8-22-12-18)10-15(2)19(14)25-13-16-5-3-7-21-11-16/h3,5,7,9-11,18,22H,4,6,8,12-13H2,1-2H3,(H,23,24)/t18-/m0/s1. The molecule has 2 heterocycles. The molecule has 0 unspecified atom stereocenters. The highest BCUT2D eigenvalue weighted by atomic mass is 16.5. The van der Waals surface area contributed by atoms with E-state index in [0.29, 0.717) is 12.2 Å². The van der Waals surface area contributed by atoms with Gasteiger partial charge in [0.05, 0.1) is 0 Å². The predicted octanol–water partition coefficient (Wildman–Crippen LogP) is 2.76. The molecule has 0 bridgehead atoms. The van der Waals surface area contributed by atoms with E-state index in [9.17, 15) is 4.79 Å². The van der Waals surface area contributed by atoms with Crippen molar-refractivity contribution in [3.8, 4) is 5.75 Å². The molecule has 1 aromatic carbocycles. The van der Waals surface area contributed by atoms with Crippen LogP contribution in [0.2, 0.25) is 0 Å². The number of amides is 1. The van der Waals surface area contributed by atoms with Crippen LogP contribution in [0.3, 0.4) is 0 Å². The summed E-state index contributed by atoms with van der Waals surface area (Å²) >= 11 is 0. The van der Waals surface area contributed by atoms with E-state index in [-0.39, 0.29) is 11.9 Å². The summed E-state index contributed by atoms with van der Waals surface area (Å²) in [6.45, 7) is 6.30. The molecule has 2 aromatic rings. The van der Waals surface area contributed by atoms with Crippen LogP contribution in [-0.2, 0) is 6.61 Å². The maximum atomic E-state index is 12.5. The Morgan fingerprint density at radius 1 is 1.36 bits per heavy atom. The highest BCUT2D eigenvalue weighted by Gasteiger charge is 2.18. The highest BCUT2D eigenvalue weighted by Crippen LogP contribution is 2.26. The molecule has 25 heavy (non-hydrogen) atoms. The first-order chi connectivity index (χ1) is 12.1. The zero-order valence-corrected chi connectivity index (χ0v) is 14.8. The van der Waals surface area contributed by atoms with Gasteiger partial charge in [-0.3, -0.25) is 9.78 Å². The lowest BCUT2D eigenvalue weighted by molar-refractivity contribution is 0.0930. The maximum absolute atomic E-state index is 12.5. The average Bonchev–Trinajstić information content (AvgIpc) is 2.62. The average molecular weight is 339 g/mol. The number of pyridine rings is 1. The van der Waals surface area contributed by atoms with E-state index in [4.69, 9.17) is 4.74 Å². The zero-order chi connectivity index (χ0) is 17.6. The zero-order valence-electron chi connectivity index (χ0n) is 14.8. The van der Waals surface area contributed by atoms with E-state index in [1.54, 1.807) is 12.4 Å². The molecule has 0 radical (unpaired) electrons. The first-order valence-corrected chi connectivity index (χ1v) is 8.78. The number of carbonyl (C=O) groups excluding carboxylic acids is 1. The van der Waals surface area contributed by atoms with E-state index < -0.39 is 0 Å². The molecule has 1 aliphatic rings. The fourth-order valence-corrected chi connectivity index (χ4v) is 3.19. The molecular weight excluding hydrogens is 314 g/mol. The third kappa shape index (κ3) is 4.57. The third-order valence-electron chi connectivity index (χ3n) is 4.46. The Kier molecular flexibility index (Phi) is 5.66. The van der Waals surface area contributed by atoms with E-state index in [2.05, 4.69) is 15.6 Å². The minimum Gasteiger partial charge on any atom is -0.488 e. The third-order valence-corrected chi connectivity index (χ3v) is 4.46. The second kappa shape index (κ2) is 8.12. The number of hydrogen-bond donors (Lipinski definition) is 2. The van der Waals surface area contributed by atoms with Crippen molar-refractivity contribution >= 4 is 5.91 Å². The summed E-state index contributed by atoms with van der Waals surface area (Å²) in [6.07, 6.45) is 5.67. The number of piperidine rings is 1. The molecule has 1 amide bonds. The number of benzene rings is 1. The molecule has 1 aromatic heterocycles. The monoisotopic (exact) mass is 339 g/mol. The van der Waals surface area contributed by atoms with Crippen LogP contribution in [0.4, 0.5) is 0 Å². The summed E-state index contributed by atoms with van der Waals surface area (Å²) in [7, 11) is 0. The van der Waals surface area contributed by atoms with Gasteiger partial charge in [-0.2, -0.15) is 0 Å². The molecule has 1 fully saturated rings. The molecule has 3 rings (SSSR count). The van der Waals surface area contributed by atoms with E-state index in [1.165, 1.54) is 0 Å². The second-order valence-corrected chi connectivity index (χ2v) is 6.61. The number of hydrogen-bond acceptors (Lipinski definition) is 4. The number of ether oxygens (including phenoxy) is 1. The van der Waals surface area contributed by atoms with Gasteiger partial charge in [-0.05, 0) is 62.6 Å². The van der Waals surface area contributed by atoms with Gasteiger partial charge in [0.2, 0.25) is 0 Å². The van der Waals surface area contributed by atoms with E-state index in [0.717, 1.165) is 48.4 Å². The van der Waals surface area contributed by atoms with Crippen LogP contribution in [0.15, 0.2) is 36.7 Å². The van der Waals surface area contributed by atoms with Crippen LogP contribution < -0.4 is 15.4 Å². The largest absolute Gasteiger partial charge is 0.488 e. The second-order valence-electron chi connectivity index (χ2n) is 6.61. The summed E-state index contributed by atoms with van der Waals surface area (Å²) in [5.41, 5.74) is 3.65. The van der Waals surface area contributed by atoms with Crippen molar-refractivity contribution < 1.29 is 9.53 Å². The van der Waals surface area contributed by atoms with E-state index in [1.807, 2.05) is 38.1 Å². The fraction of sp³-hybridized carbons (Fsp3) is 0.400. The summed E-state index contributed by atoms with van der Waals surface area (Å²) in [5, 5.41) is 6.43. The number of nitrogens with zero attached hydrogens (tertiary/aromatic N) is 1. The Hall–Kier alpha value is -2.40. The minimum absolute atomic E-state index is 0.0151. The van der Waals surface area contributed by atoms with Gasteiger partial charge in [0.1, 0.15) is 12.4 Å². The number of rotatable bonds is 5. The van der Waals surface area contributed by atoms with Crippen LogP contribution in [0.5, 0.6) is 5.75 Å². The van der Waals surface area contributed by atoms with Gasteiger partial charge in [-0.25, -0.2) is 0 Å².